The Morgan fingerprint density at radius 1 is 1.31 bits per heavy atom. The Bertz CT molecular complexity index is 239. The number of aldehydes is 1. The van der Waals surface area contributed by atoms with Gasteiger partial charge in [0, 0.05) is 0 Å². The highest BCUT2D eigenvalue weighted by molar-refractivity contribution is 5.80. The first kappa shape index (κ1) is 14.9. The van der Waals surface area contributed by atoms with Gasteiger partial charge in [-0.2, -0.15) is 0 Å². The molecule has 0 aromatic rings. The van der Waals surface area contributed by atoms with Gasteiger partial charge in [0.15, 0.2) is 6.67 Å². The fourth-order valence-corrected chi connectivity index (χ4v) is 0.972. The quantitative estimate of drug-likeness (QED) is 0.296. The molecule has 0 aliphatic rings. The number of amides is 1. The molecule has 0 aromatic heterocycles. The zero-order chi connectivity index (χ0) is 12.7. The number of hydrogen-bond acceptors (Lipinski definition) is 6. The maximum atomic E-state index is 11.8. The van der Waals surface area contributed by atoms with Gasteiger partial charge in [0.05, 0.1) is 6.61 Å². The number of aliphatic hydroxyl groups is 4. The van der Waals surface area contributed by atoms with Crippen LogP contribution in [-0.4, -0.2) is 70.3 Å². The summed E-state index contributed by atoms with van der Waals surface area (Å²) in [7, 11) is 0. The van der Waals surface area contributed by atoms with Gasteiger partial charge in [-0.25, -0.2) is 4.39 Å². The standard InChI is InChI=1S/C8H14FNO6/c9-1-6(14)10-4(2-11)7(15)8(16)5(13)3-12/h2,4-5,7-8,12-13,15-16H,1,3H2,(H,10,14). The third-order valence-electron chi connectivity index (χ3n) is 1.89. The van der Waals surface area contributed by atoms with E-state index in [-0.39, 0.29) is 6.29 Å². The van der Waals surface area contributed by atoms with Crippen LogP contribution in [0.15, 0.2) is 0 Å². The van der Waals surface area contributed by atoms with E-state index in [4.69, 9.17) is 10.2 Å². The SMILES string of the molecule is O=CC(NC(=O)CF)C(O)C(O)C(O)CO. The Morgan fingerprint density at radius 3 is 2.25 bits per heavy atom. The predicted molar refractivity (Wildman–Crippen MR) is 49.1 cm³/mol. The van der Waals surface area contributed by atoms with E-state index < -0.39 is 43.5 Å². The maximum absolute atomic E-state index is 11.8. The first-order valence-corrected chi connectivity index (χ1v) is 4.43. The third kappa shape index (κ3) is 4.19. The highest BCUT2D eigenvalue weighted by Gasteiger charge is 2.31. The Balaban J connectivity index is 4.45. The van der Waals surface area contributed by atoms with Crippen molar-refractivity contribution < 1.29 is 34.4 Å². The zero-order valence-corrected chi connectivity index (χ0v) is 8.28. The number of nitrogens with one attached hydrogen (secondary N) is 1. The van der Waals surface area contributed by atoms with E-state index >= 15 is 0 Å². The lowest BCUT2D eigenvalue weighted by molar-refractivity contribution is -0.131. The van der Waals surface area contributed by atoms with Gasteiger partial charge in [-0.15, -0.1) is 0 Å². The minimum atomic E-state index is -1.84. The number of alkyl halides is 1. The van der Waals surface area contributed by atoms with E-state index in [0.717, 1.165) is 0 Å². The van der Waals surface area contributed by atoms with Crippen LogP contribution in [0.3, 0.4) is 0 Å². The van der Waals surface area contributed by atoms with Crippen LogP contribution in [0.1, 0.15) is 0 Å². The minimum absolute atomic E-state index is 0.0888. The Kier molecular flexibility index (Phi) is 6.74. The zero-order valence-electron chi connectivity index (χ0n) is 8.28. The summed E-state index contributed by atoms with van der Waals surface area (Å²) >= 11 is 0. The summed E-state index contributed by atoms with van der Waals surface area (Å²) in [5, 5.41) is 37.8. The van der Waals surface area contributed by atoms with Gasteiger partial charge in [0.25, 0.3) is 5.91 Å². The van der Waals surface area contributed by atoms with Crippen molar-refractivity contribution in [3.63, 3.8) is 0 Å². The molecule has 1 amide bonds. The van der Waals surface area contributed by atoms with Crippen LogP contribution >= 0.6 is 0 Å². The molecule has 0 radical (unpaired) electrons. The van der Waals surface area contributed by atoms with Crippen LogP contribution in [0.2, 0.25) is 0 Å². The number of aliphatic hydroxyl groups excluding tert-OH is 4. The topological polar surface area (TPSA) is 127 Å². The van der Waals surface area contributed by atoms with Crippen molar-refractivity contribution in [1.29, 1.82) is 0 Å². The van der Waals surface area contributed by atoms with Crippen LogP contribution in [0.4, 0.5) is 4.39 Å². The van der Waals surface area contributed by atoms with Gasteiger partial charge in [-0.1, -0.05) is 0 Å². The second-order valence-electron chi connectivity index (χ2n) is 3.09. The largest absolute Gasteiger partial charge is 0.394 e. The van der Waals surface area contributed by atoms with Gasteiger partial charge in [-0.05, 0) is 0 Å². The molecule has 0 aliphatic heterocycles. The highest BCUT2D eigenvalue weighted by Crippen LogP contribution is 2.03. The molecule has 4 unspecified atom stereocenters. The molecule has 8 heteroatoms. The van der Waals surface area contributed by atoms with Gasteiger partial charge in [0.2, 0.25) is 0 Å². The fraction of sp³-hybridized carbons (Fsp3) is 0.750. The summed E-state index contributed by atoms with van der Waals surface area (Å²) in [6.07, 6.45) is -5.25. The van der Waals surface area contributed by atoms with Crippen molar-refractivity contribution in [1.82, 2.24) is 5.32 Å². The van der Waals surface area contributed by atoms with E-state index in [1.165, 1.54) is 0 Å². The molecule has 0 aliphatic carbocycles. The molecule has 7 nitrogen and oxygen atoms in total. The van der Waals surface area contributed by atoms with Crippen molar-refractivity contribution >= 4 is 12.2 Å². The van der Waals surface area contributed by atoms with Gasteiger partial charge < -0.3 is 30.5 Å². The van der Waals surface area contributed by atoms with Crippen molar-refractivity contribution in [2.75, 3.05) is 13.3 Å². The lowest BCUT2D eigenvalue weighted by Gasteiger charge is -2.25. The molecule has 0 fully saturated rings. The molecule has 0 heterocycles. The molecule has 0 rings (SSSR count). The Labute approximate surface area is 90.5 Å². The molecule has 94 valence electrons. The second-order valence-corrected chi connectivity index (χ2v) is 3.09. The Morgan fingerprint density at radius 2 is 1.88 bits per heavy atom. The summed E-state index contributed by atoms with van der Waals surface area (Å²) in [5.41, 5.74) is 0. The molecule has 0 aromatic carbocycles. The Hall–Kier alpha value is -1.09. The van der Waals surface area contributed by atoms with Gasteiger partial charge in [0.1, 0.15) is 30.6 Å². The smallest absolute Gasteiger partial charge is 0.252 e. The molecule has 5 N–H and O–H groups in total. The van der Waals surface area contributed by atoms with E-state index in [9.17, 15) is 24.2 Å². The summed E-state index contributed by atoms with van der Waals surface area (Å²) in [6, 6.07) is -1.56. The van der Waals surface area contributed by atoms with E-state index in [0.29, 0.717) is 0 Å². The number of rotatable bonds is 7. The number of carbonyl (C=O) groups excluding carboxylic acids is 2. The number of carbonyl (C=O) groups is 2. The monoisotopic (exact) mass is 239 g/mol. The van der Waals surface area contributed by atoms with Crippen LogP contribution in [0.25, 0.3) is 0 Å². The third-order valence-corrected chi connectivity index (χ3v) is 1.89. The van der Waals surface area contributed by atoms with Crippen molar-refractivity contribution in [2.24, 2.45) is 0 Å². The lowest BCUT2D eigenvalue weighted by atomic mass is 10.0. The molecule has 0 saturated carbocycles. The summed E-state index contributed by atoms with van der Waals surface area (Å²) < 4.78 is 11.8. The predicted octanol–water partition coefficient (Wildman–Crippen LogP) is -3.29. The van der Waals surface area contributed by atoms with Crippen molar-refractivity contribution in [2.45, 2.75) is 24.4 Å². The van der Waals surface area contributed by atoms with Crippen LogP contribution in [0, 0.1) is 0 Å². The first-order valence-electron chi connectivity index (χ1n) is 4.43. The van der Waals surface area contributed by atoms with Crippen molar-refractivity contribution in [3.05, 3.63) is 0 Å². The van der Waals surface area contributed by atoms with Crippen LogP contribution in [-0.2, 0) is 9.59 Å². The average molecular weight is 239 g/mol. The molecular weight excluding hydrogens is 225 g/mol. The normalized spacial score (nSPS) is 18.3. The number of hydrogen-bond donors (Lipinski definition) is 5. The van der Waals surface area contributed by atoms with E-state index in [1.54, 1.807) is 5.32 Å². The molecule has 0 saturated heterocycles. The first-order chi connectivity index (χ1) is 7.47. The summed E-state index contributed by atoms with van der Waals surface area (Å²) in [6.45, 7) is -2.21. The van der Waals surface area contributed by atoms with E-state index in [2.05, 4.69) is 0 Å². The summed E-state index contributed by atoms with van der Waals surface area (Å²) in [5.74, 6) is -1.14. The fourth-order valence-electron chi connectivity index (χ4n) is 0.972. The van der Waals surface area contributed by atoms with Crippen LogP contribution in [0.5, 0.6) is 0 Å². The van der Waals surface area contributed by atoms with Gasteiger partial charge in [-0.3, -0.25) is 4.79 Å². The average Bonchev–Trinajstić information content (AvgIpc) is 2.32. The van der Waals surface area contributed by atoms with Crippen molar-refractivity contribution in [3.8, 4) is 0 Å². The molecule has 16 heavy (non-hydrogen) atoms. The molecule has 0 spiro atoms. The minimum Gasteiger partial charge on any atom is -0.394 e. The molecular formula is C8H14FNO6. The van der Waals surface area contributed by atoms with Gasteiger partial charge >= 0.3 is 0 Å². The maximum Gasteiger partial charge on any atom is 0.252 e. The molecule has 0 bridgehead atoms. The highest BCUT2D eigenvalue weighted by atomic mass is 19.1. The van der Waals surface area contributed by atoms with Crippen LogP contribution < -0.4 is 5.32 Å². The second kappa shape index (κ2) is 7.23. The number of halogens is 1. The summed E-state index contributed by atoms with van der Waals surface area (Å²) in [4.78, 5) is 21.1. The lowest BCUT2D eigenvalue weighted by Crippen LogP contribution is -2.53. The molecule has 4 atom stereocenters. The van der Waals surface area contributed by atoms with E-state index in [1.807, 2.05) is 0 Å².